The van der Waals surface area contributed by atoms with Gasteiger partial charge in [0.15, 0.2) is 11.9 Å². The molecule has 0 bridgehead atoms. The molecule has 0 aliphatic heterocycles. The third kappa shape index (κ3) is 14.2. The average molecular weight is 311 g/mol. The van der Waals surface area contributed by atoms with Crippen molar-refractivity contribution >= 4 is 5.78 Å². The maximum atomic E-state index is 11.7. The van der Waals surface area contributed by atoms with Gasteiger partial charge in [0.25, 0.3) is 0 Å². The third-order valence-electron chi connectivity index (χ3n) is 4.28. The fourth-order valence-corrected chi connectivity index (χ4v) is 2.74. The molecule has 22 heavy (non-hydrogen) atoms. The first-order valence-corrected chi connectivity index (χ1v) is 9.51. The number of unbranched alkanes of at least 4 members (excludes halogenated alkanes) is 12. The van der Waals surface area contributed by atoms with Crippen LogP contribution in [0.1, 0.15) is 104 Å². The van der Waals surface area contributed by atoms with E-state index in [4.69, 9.17) is 4.74 Å². The predicted octanol–water partition coefficient (Wildman–Crippen LogP) is 6.59. The summed E-state index contributed by atoms with van der Waals surface area (Å²) in [4.78, 5) is 11.7. The van der Waals surface area contributed by atoms with E-state index in [0.717, 1.165) is 6.42 Å². The summed E-state index contributed by atoms with van der Waals surface area (Å²) in [5.41, 5.74) is 0. The molecule has 2 heteroatoms. The van der Waals surface area contributed by atoms with Gasteiger partial charge in [0, 0.05) is 6.42 Å². The van der Waals surface area contributed by atoms with Crippen molar-refractivity contribution in [3.8, 4) is 0 Å². The number of ether oxygens (including phenoxy) is 1. The summed E-state index contributed by atoms with van der Waals surface area (Å²) in [6.45, 7) is 7.55. The van der Waals surface area contributed by atoms with Crippen molar-refractivity contribution in [3.05, 3.63) is 12.8 Å². The van der Waals surface area contributed by atoms with E-state index in [1.165, 1.54) is 83.3 Å². The number of carbonyl (C=O) groups excluding carboxylic acids is 1. The minimum Gasteiger partial charge on any atom is -0.491 e. The lowest BCUT2D eigenvalue weighted by Crippen LogP contribution is -2.17. The van der Waals surface area contributed by atoms with Crippen molar-refractivity contribution in [2.24, 2.45) is 0 Å². The number of rotatable bonds is 17. The molecule has 1 atom stereocenters. The predicted molar refractivity (Wildman–Crippen MR) is 96.1 cm³/mol. The van der Waals surface area contributed by atoms with E-state index in [1.807, 2.05) is 0 Å². The van der Waals surface area contributed by atoms with Crippen molar-refractivity contribution < 1.29 is 9.53 Å². The number of ketones is 1. The Morgan fingerprint density at radius 3 is 1.68 bits per heavy atom. The van der Waals surface area contributed by atoms with E-state index in [9.17, 15) is 4.79 Å². The van der Waals surface area contributed by atoms with E-state index in [1.54, 1.807) is 6.92 Å². The monoisotopic (exact) mass is 310 g/mol. The molecule has 1 unspecified atom stereocenters. The van der Waals surface area contributed by atoms with Crippen LogP contribution in [-0.2, 0) is 9.53 Å². The van der Waals surface area contributed by atoms with Gasteiger partial charge in [0.2, 0.25) is 0 Å². The van der Waals surface area contributed by atoms with Crippen LogP contribution in [0, 0.1) is 0 Å². The van der Waals surface area contributed by atoms with Crippen LogP contribution in [0.15, 0.2) is 12.8 Å². The van der Waals surface area contributed by atoms with Gasteiger partial charge < -0.3 is 4.74 Å². The SMILES string of the molecule is C=COC(C)C(=O)CCCCCCCCCCCCCCC. The Labute approximate surface area is 138 Å². The van der Waals surface area contributed by atoms with Crippen molar-refractivity contribution in [1.82, 2.24) is 0 Å². The molecule has 0 aliphatic carbocycles. The molecule has 0 aromatic heterocycles. The number of Topliss-reactive ketones (excluding diaryl/α,β-unsaturated/α-hetero) is 1. The molecule has 130 valence electrons. The Hall–Kier alpha value is -0.790. The summed E-state index contributed by atoms with van der Waals surface area (Å²) < 4.78 is 5.08. The number of hydrogen-bond acceptors (Lipinski definition) is 2. The quantitative estimate of drug-likeness (QED) is 0.224. The molecule has 0 amide bonds. The molecule has 0 rings (SSSR count). The zero-order valence-corrected chi connectivity index (χ0v) is 15.1. The summed E-state index contributed by atoms with van der Waals surface area (Å²) in [7, 11) is 0. The fraction of sp³-hybridized carbons (Fsp3) is 0.850. The lowest BCUT2D eigenvalue weighted by atomic mass is 10.0. The smallest absolute Gasteiger partial charge is 0.172 e. The second-order valence-electron chi connectivity index (χ2n) is 6.40. The van der Waals surface area contributed by atoms with Gasteiger partial charge in [0.1, 0.15) is 0 Å². The van der Waals surface area contributed by atoms with Crippen molar-refractivity contribution in [2.75, 3.05) is 0 Å². The van der Waals surface area contributed by atoms with Gasteiger partial charge in [-0.15, -0.1) is 0 Å². The standard InChI is InChI=1S/C20H38O2/c1-4-6-7-8-9-10-11-12-13-14-15-16-17-18-20(21)19(3)22-5-2/h5,19H,2,4,6-18H2,1,3H3. The molecular weight excluding hydrogens is 272 g/mol. The molecule has 0 saturated carbocycles. The summed E-state index contributed by atoms with van der Waals surface area (Å²) in [6.07, 6.45) is 19.0. The van der Waals surface area contributed by atoms with Crippen LogP contribution >= 0.6 is 0 Å². The first-order valence-electron chi connectivity index (χ1n) is 9.51. The molecule has 0 N–H and O–H groups in total. The minimum atomic E-state index is -0.324. The summed E-state index contributed by atoms with van der Waals surface area (Å²) in [6, 6.07) is 0. The molecule has 0 spiro atoms. The lowest BCUT2D eigenvalue weighted by molar-refractivity contribution is -0.126. The normalized spacial score (nSPS) is 12.1. The highest BCUT2D eigenvalue weighted by Gasteiger charge is 2.11. The second kappa shape index (κ2) is 16.6. The zero-order valence-electron chi connectivity index (χ0n) is 15.1. The summed E-state index contributed by atoms with van der Waals surface area (Å²) in [5, 5.41) is 0. The summed E-state index contributed by atoms with van der Waals surface area (Å²) >= 11 is 0. The van der Waals surface area contributed by atoms with Gasteiger partial charge in [-0.25, -0.2) is 0 Å². The van der Waals surface area contributed by atoms with Crippen LogP contribution in [-0.4, -0.2) is 11.9 Å². The van der Waals surface area contributed by atoms with E-state index in [-0.39, 0.29) is 11.9 Å². The molecule has 0 aliphatic rings. The van der Waals surface area contributed by atoms with Crippen molar-refractivity contribution in [3.63, 3.8) is 0 Å². The van der Waals surface area contributed by atoms with Crippen LogP contribution < -0.4 is 0 Å². The number of carbonyl (C=O) groups is 1. The Kier molecular flexibility index (Phi) is 16.0. The molecule has 0 aromatic carbocycles. The topological polar surface area (TPSA) is 26.3 Å². The fourth-order valence-electron chi connectivity index (χ4n) is 2.74. The molecule has 0 saturated heterocycles. The maximum absolute atomic E-state index is 11.7. The molecule has 0 heterocycles. The van der Waals surface area contributed by atoms with E-state index in [0.29, 0.717) is 6.42 Å². The van der Waals surface area contributed by atoms with E-state index in [2.05, 4.69) is 13.5 Å². The first kappa shape index (κ1) is 21.2. The van der Waals surface area contributed by atoms with Crippen LogP contribution in [0.3, 0.4) is 0 Å². The van der Waals surface area contributed by atoms with E-state index >= 15 is 0 Å². The molecule has 0 aromatic rings. The van der Waals surface area contributed by atoms with Crippen molar-refractivity contribution in [2.45, 2.75) is 110 Å². The van der Waals surface area contributed by atoms with Gasteiger partial charge in [-0.1, -0.05) is 90.6 Å². The van der Waals surface area contributed by atoms with Crippen LogP contribution in [0.4, 0.5) is 0 Å². The van der Waals surface area contributed by atoms with Gasteiger partial charge in [-0.3, -0.25) is 4.79 Å². The zero-order chi connectivity index (χ0) is 16.5. The van der Waals surface area contributed by atoms with Crippen molar-refractivity contribution in [1.29, 1.82) is 0 Å². The Morgan fingerprint density at radius 2 is 1.27 bits per heavy atom. The second-order valence-corrected chi connectivity index (χ2v) is 6.40. The van der Waals surface area contributed by atoms with Gasteiger partial charge >= 0.3 is 0 Å². The molecule has 0 radical (unpaired) electrons. The van der Waals surface area contributed by atoms with Crippen LogP contribution in [0.25, 0.3) is 0 Å². The average Bonchev–Trinajstić information content (AvgIpc) is 2.51. The highest BCUT2D eigenvalue weighted by atomic mass is 16.5. The van der Waals surface area contributed by atoms with E-state index < -0.39 is 0 Å². The Balaban J connectivity index is 3.17. The maximum Gasteiger partial charge on any atom is 0.172 e. The largest absolute Gasteiger partial charge is 0.491 e. The van der Waals surface area contributed by atoms with Gasteiger partial charge in [-0.2, -0.15) is 0 Å². The summed E-state index contributed by atoms with van der Waals surface area (Å²) in [5.74, 6) is 0.197. The Morgan fingerprint density at radius 1 is 0.864 bits per heavy atom. The molecular formula is C20H38O2. The third-order valence-corrected chi connectivity index (χ3v) is 4.28. The minimum absolute atomic E-state index is 0.197. The van der Waals surface area contributed by atoms with Crippen LogP contribution in [0.2, 0.25) is 0 Å². The first-order chi connectivity index (χ1) is 10.7. The molecule has 0 fully saturated rings. The van der Waals surface area contributed by atoms with Gasteiger partial charge in [-0.05, 0) is 13.3 Å². The highest BCUT2D eigenvalue weighted by molar-refractivity contribution is 5.82. The highest BCUT2D eigenvalue weighted by Crippen LogP contribution is 2.13. The molecule has 2 nitrogen and oxygen atoms in total. The van der Waals surface area contributed by atoms with Gasteiger partial charge in [0.05, 0.1) is 6.26 Å². The van der Waals surface area contributed by atoms with Crippen LogP contribution in [0.5, 0.6) is 0 Å². The Bertz CT molecular complexity index is 260. The number of hydrogen-bond donors (Lipinski definition) is 0. The lowest BCUT2D eigenvalue weighted by Gasteiger charge is -2.09.